The van der Waals surface area contributed by atoms with Crippen LogP contribution in [0.4, 0.5) is 8.78 Å². The molecule has 0 radical (unpaired) electrons. The zero-order chi connectivity index (χ0) is 11.2. The number of hydrogen-bond acceptors (Lipinski definition) is 2. The van der Waals surface area contributed by atoms with E-state index in [1.54, 1.807) is 0 Å². The number of fused-ring (bicyclic) bond motifs is 1. The molecular weight excluding hydrogens is 274 g/mol. The van der Waals surface area contributed by atoms with E-state index in [4.69, 9.17) is 0 Å². The molecule has 1 aromatic carbocycles. The number of benzene rings is 1. The number of aromatic amines is 2. The van der Waals surface area contributed by atoms with Gasteiger partial charge in [-0.2, -0.15) is 0 Å². The molecule has 2 aromatic rings. The predicted octanol–water partition coefficient (Wildman–Crippen LogP) is 1.26. The van der Waals surface area contributed by atoms with E-state index in [9.17, 15) is 18.4 Å². The van der Waals surface area contributed by atoms with Gasteiger partial charge in [0.1, 0.15) is 11.2 Å². The first-order valence-corrected chi connectivity index (χ1v) is 4.60. The maximum Gasteiger partial charge on any atom is 0.326 e. The van der Waals surface area contributed by atoms with E-state index in [-0.39, 0.29) is 4.47 Å². The number of aromatic nitrogens is 2. The van der Waals surface area contributed by atoms with Crippen molar-refractivity contribution in [1.82, 2.24) is 9.97 Å². The fourth-order valence-electron chi connectivity index (χ4n) is 1.25. The van der Waals surface area contributed by atoms with Gasteiger partial charge in [-0.15, -0.1) is 0 Å². The van der Waals surface area contributed by atoms with Crippen molar-refractivity contribution in [3.63, 3.8) is 0 Å². The largest absolute Gasteiger partial charge is 0.326 e. The van der Waals surface area contributed by atoms with Crippen LogP contribution in [0, 0.1) is 11.6 Å². The minimum absolute atomic E-state index is 0.159. The van der Waals surface area contributed by atoms with Crippen LogP contribution in [0.2, 0.25) is 0 Å². The number of hydrogen-bond donors (Lipinski definition) is 2. The molecule has 0 bridgehead atoms. The first kappa shape index (κ1) is 10.0. The van der Waals surface area contributed by atoms with E-state index in [0.29, 0.717) is 0 Å². The lowest BCUT2D eigenvalue weighted by atomic mass is 10.2. The molecule has 7 heteroatoms. The first-order chi connectivity index (χ1) is 7.00. The van der Waals surface area contributed by atoms with Gasteiger partial charge in [0.15, 0.2) is 5.82 Å². The van der Waals surface area contributed by atoms with Crippen LogP contribution in [0.25, 0.3) is 10.9 Å². The number of H-pyrrole nitrogens is 2. The van der Waals surface area contributed by atoms with Crippen LogP contribution in [-0.4, -0.2) is 9.97 Å². The fourth-order valence-corrected chi connectivity index (χ4v) is 1.64. The summed E-state index contributed by atoms with van der Waals surface area (Å²) < 4.78 is 26.5. The minimum Gasteiger partial charge on any atom is -0.304 e. The molecule has 1 heterocycles. The van der Waals surface area contributed by atoms with E-state index in [1.165, 1.54) is 0 Å². The van der Waals surface area contributed by atoms with Crippen molar-refractivity contribution in [2.75, 3.05) is 0 Å². The second kappa shape index (κ2) is 3.27. The smallest absolute Gasteiger partial charge is 0.304 e. The summed E-state index contributed by atoms with van der Waals surface area (Å²) >= 11 is 2.77. The van der Waals surface area contributed by atoms with E-state index in [0.717, 1.165) is 6.07 Å². The Kier molecular flexibility index (Phi) is 2.18. The summed E-state index contributed by atoms with van der Waals surface area (Å²) in [6.45, 7) is 0. The number of nitrogens with one attached hydrogen (secondary N) is 2. The topological polar surface area (TPSA) is 65.7 Å². The molecule has 15 heavy (non-hydrogen) atoms. The quantitative estimate of drug-likeness (QED) is 0.712. The third-order valence-corrected chi connectivity index (χ3v) is 2.44. The Morgan fingerprint density at radius 3 is 2.53 bits per heavy atom. The molecule has 2 N–H and O–H groups in total. The molecule has 78 valence electrons. The summed E-state index contributed by atoms with van der Waals surface area (Å²) in [5.74, 6) is -1.79. The summed E-state index contributed by atoms with van der Waals surface area (Å²) in [7, 11) is 0. The molecule has 0 aliphatic rings. The lowest BCUT2D eigenvalue weighted by Gasteiger charge is -2.01. The van der Waals surface area contributed by atoms with Gasteiger partial charge in [-0.1, -0.05) is 0 Å². The number of rotatable bonds is 0. The standard InChI is InChI=1S/C8H3BrF2N2O2/c9-2-1-3(10)4-6(5(2)11)12-8(15)13-7(4)14/h1H,(H2,12,13,14,15). The SMILES string of the molecule is O=c1[nH]c(=O)c2c(F)cc(Br)c(F)c2[nH]1. The molecule has 0 saturated heterocycles. The van der Waals surface area contributed by atoms with Crippen LogP contribution in [0.3, 0.4) is 0 Å². The fraction of sp³-hybridized carbons (Fsp3) is 0. The minimum atomic E-state index is -0.961. The second-order valence-corrected chi connectivity index (χ2v) is 3.67. The molecule has 0 fully saturated rings. The van der Waals surface area contributed by atoms with Gasteiger partial charge in [0.05, 0.1) is 9.99 Å². The van der Waals surface area contributed by atoms with Gasteiger partial charge >= 0.3 is 5.69 Å². The monoisotopic (exact) mass is 276 g/mol. The first-order valence-electron chi connectivity index (χ1n) is 3.80. The Morgan fingerprint density at radius 1 is 1.20 bits per heavy atom. The molecule has 0 amide bonds. The third-order valence-electron chi connectivity index (χ3n) is 1.86. The Bertz CT molecular complexity index is 662. The highest BCUT2D eigenvalue weighted by Gasteiger charge is 2.14. The molecule has 0 saturated carbocycles. The van der Waals surface area contributed by atoms with Crippen LogP contribution >= 0.6 is 15.9 Å². The summed E-state index contributed by atoms with van der Waals surface area (Å²) in [6, 6.07) is 0.825. The van der Waals surface area contributed by atoms with Crippen LogP contribution in [0.5, 0.6) is 0 Å². The third kappa shape index (κ3) is 1.48. The Balaban J connectivity index is 3.17. The molecule has 2 rings (SSSR count). The van der Waals surface area contributed by atoms with Crippen molar-refractivity contribution in [1.29, 1.82) is 0 Å². The highest BCUT2D eigenvalue weighted by atomic mass is 79.9. The Morgan fingerprint density at radius 2 is 1.87 bits per heavy atom. The van der Waals surface area contributed by atoms with Gasteiger partial charge in [-0.3, -0.25) is 9.78 Å². The van der Waals surface area contributed by atoms with Crippen molar-refractivity contribution >= 4 is 26.8 Å². The Labute approximate surface area is 89.1 Å². The average molecular weight is 277 g/mol. The molecule has 0 aliphatic carbocycles. The molecule has 0 unspecified atom stereocenters. The zero-order valence-electron chi connectivity index (χ0n) is 7.03. The zero-order valence-corrected chi connectivity index (χ0v) is 8.61. The van der Waals surface area contributed by atoms with Crippen LogP contribution in [-0.2, 0) is 0 Å². The van der Waals surface area contributed by atoms with Gasteiger partial charge in [0.2, 0.25) is 0 Å². The summed E-state index contributed by atoms with van der Waals surface area (Å²) in [6.07, 6.45) is 0. The summed E-state index contributed by atoms with van der Waals surface area (Å²) in [5, 5.41) is -0.504. The van der Waals surface area contributed by atoms with Crippen LogP contribution in [0.1, 0.15) is 0 Å². The summed E-state index contributed by atoms with van der Waals surface area (Å²) in [5.41, 5.74) is -2.29. The predicted molar refractivity (Wildman–Crippen MR) is 52.8 cm³/mol. The summed E-state index contributed by atoms with van der Waals surface area (Å²) in [4.78, 5) is 25.9. The molecule has 4 nitrogen and oxygen atoms in total. The van der Waals surface area contributed by atoms with Crippen molar-refractivity contribution in [2.45, 2.75) is 0 Å². The second-order valence-electron chi connectivity index (χ2n) is 2.81. The van der Waals surface area contributed by atoms with Crippen molar-refractivity contribution < 1.29 is 8.78 Å². The van der Waals surface area contributed by atoms with Gasteiger partial charge in [0, 0.05) is 0 Å². The van der Waals surface area contributed by atoms with Gasteiger partial charge in [-0.05, 0) is 22.0 Å². The lowest BCUT2D eigenvalue weighted by molar-refractivity contribution is 0.607. The van der Waals surface area contributed by atoms with E-state index >= 15 is 0 Å². The highest BCUT2D eigenvalue weighted by Crippen LogP contribution is 2.23. The van der Waals surface area contributed by atoms with Crippen LogP contribution < -0.4 is 11.2 Å². The molecule has 0 spiro atoms. The lowest BCUT2D eigenvalue weighted by Crippen LogP contribution is -2.23. The van der Waals surface area contributed by atoms with Crippen molar-refractivity contribution in [2.24, 2.45) is 0 Å². The molecule has 0 aliphatic heterocycles. The van der Waals surface area contributed by atoms with E-state index in [1.807, 2.05) is 9.97 Å². The van der Waals surface area contributed by atoms with E-state index < -0.39 is 33.8 Å². The van der Waals surface area contributed by atoms with Gasteiger partial charge in [0.25, 0.3) is 5.56 Å². The maximum atomic E-state index is 13.4. The van der Waals surface area contributed by atoms with Crippen LogP contribution in [0.15, 0.2) is 20.1 Å². The molecular formula is C8H3BrF2N2O2. The normalized spacial score (nSPS) is 10.9. The molecule has 0 atom stereocenters. The van der Waals surface area contributed by atoms with Gasteiger partial charge < -0.3 is 4.98 Å². The van der Waals surface area contributed by atoms with E-state index in [2.05, 4.69) is 15.9 Å². The highest BCUT2D eigenvalue weighted by molar-refractivity contribution is 9.10. The van der Waals surface area contributed by atoms with Gasteiger partial charge in [-0.25, -0.2) is 13.6 Å². The number of halogens is 3. The Hall–Kier alpha value is -1.50. The maximum absolute atomic E-state index is 13.4. The molecule has 1 aromatic heterocycles. The van der Waals surface area contributed by atoms with Crippen molar-refractivity contribution in [3.05, 3.63) is 43.0 Å². The average Bonchev–Trinajstić information content (AvgIpc) is 2.12. The van der Waals surface area contributed by atoms with Crippen molar-refractivity contribution in [3.8, 4) is 0 Å².